The first kappa shape index (κ1) is 23.8. The molecule has 32 heavy (non-hydrogen) atoms. The Kier molecular flexibility index (Phi) is 7.56. The minimum Gasteiger partial charge on any atom is -0.452 e. The second-order valence-corrected chi connectivity index (χ2v) is 9.83. The van der Waals surface area contributed by atoms with Crippen molar-refractivity contribution in [3.63, 3.8) is 0 Å². The standard InChI is InChI=1S/C24H29NO6S/c1-16-12-13-18(3)22(14-16)32(28,29)31-21-11-7-5-9-19(21)24(27)30-15-23(26)25-20-10-6-4-8-17(20)2/h5,7,9,11-14,17,20H,4,6,8,10,15H2,1-3H3,(H,25,26)/t17-,20+/m1/s1. The summed E-state index contributed by atoms with van der Waals surface area (Å²) in [6.45, 7) is 5.10. The third-order valence-electron chi connectivity index (χ3n) is 5.71. The van der Waals surface area contributed by atoms with Crippen LogP contribution < -0.4 is 9.50 Å². The van der Waals surface area contributed by atoms with Crippen LogP contribution in [0.3, 0.4) is 0 Å². The summed E-state index contributed by atoms with van der Waals surface area (Å²) in [5.74, 6) is -0.977. The van der Waals surface area contributed by atoms with Crippen molar-refractivity contribution in [3.05, 3.63) is 59.2 Å². The summed E-state index contributed by atoms with van der Waals surface area (Å²) in [7, 11) is -4.17. The molecule has 2 aromatic carbocycles. The third-order valence-corrected chi connectivity index (χ3v) is 7.09. The van der Waals surface area contributed by atoms with Crippen molar-refractivity contribution in [2.45, 2.75) is 57.4 Å². The van der Waals surface area contributed by atoms with E-state index in [1.54, 1.807) is 38.1 Å². The van der Waals surface area contributed by atoms with Gasteiger partial charge in [-0.1, -0.05) is 44.0 Å². The van der Waals surface area contributed by atoms with E-state index in [4.69, 9.17) is 8.92 Å². The molecular formula is C24H29NO6S. The molecule has 0 aliphatic heterocycles. The first-order chi connectivity index (χ1) is 15.2. The highest BCUT2D eigenvalue weighted by atomic mass is 32.2. The molecule has 3 rings (SSSR count). The SMILES string of the molecule is Cc1ccc(C)c(S(=O)(=O)Oc2ccccc2C(=O)OCC(=O)N[C@H]2CCCC[C@H]2C)c1. The number of benzene rings is 2. The number of ether oxygens (including phenoxy) is 1. The van der Waals surface area contributed by atoms with E-state index in [-0.39, 0.29) is 28.2 Å². The number of hydrogen-bond donors (Lipinski definition) is 1. The van der Waals surface area contributed by atoms with E-state index in [0.717, 1.165) is 31.2 Å². The Hall–Kier alpha value is -2.87. The summed E-state index contributed by atoms with van der Waals surface area (Å²) >= 11 is 0. The van der Waals surface area contributed by atoms with Gasteiger partial charge >= 0.3 is 16.1 Å². The predicted octanol–water partition coefficient (Wildman–Crippen LogP) is 3.92. The molecule has 1 saturated carbocycles. The topological polar surface area (TPSA) is 98.8 Å². The van der Waals surface area contributed by atoms with Gasteiger partial charge in [0.2, 0.25) is 0 Å². The second kappa shape index (κ2) is 10.2. The molecule has 0 radical (unpaired) electrons. The van der Waals surface area contributed by atoms with E-state index in [1.165, 1.54) is 18.2 Å². The lowest BCUT2D eigenvalue weighted by Crippen LogP contribution is -2.42. The van der Waals surface area contributed by atoms with Gasteiger partial charge in [0.15, 0.2) is 12.4 Å². The quantitative estimate of drug-likeness (QED) is 0.498. The molecule has 0 bridgehead atoms. The van der Waals surface area contributed by atoms with Crippen LogP contribution in [0.15, 0.2) is 47.4 Å². The van der Waals surface area contributed by atoms with Crippen molar-refractivity contribution >= 4 is 22.0 Å². The van der Waals surface area contributed by atoms with Gasteiger partial charge < -0.3 is 14.2 Å². The zero-order chi connectivity index (χ0) is 23.3. The maximum Gasteiger partial charge on any atom is 0.342 e. The highest BCUT2D eigenvalue weighted by Gasteiger charge is 2.25. The van der Waals surface area contributed by atoms with Gasteiger partial charge in [0.1, 0.15) is 10.5 Å². The minimum atomic E-state index is -4.17. The molecule has 1 fully saturated rings. The number of nitrogens with one attached hydrogen (secondary N) is 1. The van der Waals surface area contributed by atoms with E-state index < -0.39 is 22.7 Å². The molecule has 1 aliphatic carbocycles. The van der Waals surface area contributed by atoms with Gasteiger partial charge in [0, 0.05) is 6.04 Å². The summed E-state index contributed by atoms with van der Waals surface area (Å²) in [6.07, 6.45) is 4.19. The van der Waals surface area contributed by atoms with Crippen LogP contribution in [-0.2, 0) is 19.6 Å². The number of rotatable bonds is 7. The number of aryl methyl sites for hydroxylation is 2. The lowest BCUT2D eigenvalue weighted by molar-refractivity contribution is -0.125. The molecular weight excluding hydrogens is 430 g/mol. The summed E-state index contributed by atoms with van der Waals surface area (Å²) in [5.41, 5.74) is 1.23. The minimum absolute atomic E-state index is 0.0293. The molecule has 1 aliphatic rings. The average molecular weight is 460 g/mol. The van der Waals surface area contributed by atoms with Crippen LogP contribution in [0.5, 0.6) is 5.75 Å². The Balaban J connectivity index is 1.68. The van der Waals surface area contributed by atoms with Gasteiger partial charge in [-0.25, -0.2) is 4.79 Å². The van der Waals surface area contributed by atoms with E-state index in [9.17, 15) is 18.0 Å². The van der Waals surface area contributed by atoms with Crippen LogP contribution in [0.4, 0.5) is 0 Å². The maximum atomic E-state index is 12.8. The monoisotopic (exact) mass is 459 g/mol. The normalized spacial score (nSPS) is 18.6. The molecule has 0 unspecified atom stereocenters. The average Bonchev–Trinajstić information content (AvgIpc) is 2.75. The van der Waals surface area contributed by atoms with Crippen LogP contribution in [0.1, 0.15) is 54.1 Å². The van der Waals surface area contributed by atoms with E-state index >= 15 is 0 Å². The zero-order valence-corrected chi connectivity index (χ0v) is 19.4. The number of carbonyl (C=O) groups excluding carboxylic acids is 2. The molecule has 0 spiro atoms. The lowest BCUT2D eigenvalue weighted by Gasteiger charge is -2.29. The van der Waals surface area contributed by atoms with Gasteiger partial charge in [-0.05, 0) is 61.9 Å². The molecule has 1 amide bonds. The lowest BCUT2D eigenvalue weighted by atomic mass is 9.86. The maximum absolute atomic E-state index is 12.8. The second-order valence-electron chi connectivity index (χ2n) is 8.31. The van der Waals surface area contributed by atoms with Crippen molar-refractivity contribution in [2.24, 2.45) is 5.92 Å². The van der Waals surface area contributed by atoms with Crippen molar-refractivity contribution in [2.75, 3.05) is 6.61 Å². The fourth-order valence-electron chi connectivity index (χ4n) is 3.84. The van der Waals surface area contributed by atoms with E-state index in [1.807, 2.05) is 0 Å². The first-order valence-corrected chi connectivity index (χ1v) is 12.2. The van der Waals surface area contributed by atoms with Gasteiger partial charge in [-0.15, -0.1) is 0 Å². The van der Waals surface area contributed by atoms with Gasteiger partial charge in [-0.2, -0.15) is 8.42 Å². The van der Waals surface area contributed by atoms with Gasteiger partial charge in [-0.3, -0.25) is 4.79 Å². The smallest absolute Gasteiger partial charge is 0.342 e. The molecule has 2 atom stereocenters. The molecule has 1 N–H and O–H groups in total. The number of hydrogen-bond acceptors (Lipinski definition) is 6. The fourth-order valence-corrected chi connectivity index (χ4v) is 5.10. The molecule has 8 heteroatoms. The van der Waals surface area contributed by atoms with Gasteiger partial charge in [0.05, 0.1) is 0 Å². The fraction of sp³-hybridized carbons (Fsp3) is 0.417. The highest BCUT2D eigenvalue weighted by Crippen LogP contribution is 2.26. The summed E-state index contributed by atoms with van der Waals surface area (Å²) in [5, 5.41) is 2.92. The first-order valence-electron chi connectivity index (χ1n) is 10.7. The summed E-state index contributed by atoms with van der Waals surface area (Å²) in [4.78, 5) is 24.9. The number of para-hydroxylation sites is 1. The van der Waals surface area contributed by atoms with E-state index in [2.05, 4.69) is 12.2 Å². The van der Waals surface area contributed by atoms with Crippen LogP contribution in [0.2, 0.25) is 0 Å². The Morgan fingerprint density at radius 3 is 2.53 bits per heavy atom. The molecule has 2 aromatic rings. The highest BCUT2D eigenvalue weighted by molar-refractivity contribution is 7.87. The number of carbonyl (C=O) groups is 2. The predicted molar refractivity (Wildman–Crippen MR) is 120 cm³/mol. The Bertz CT molecular complexity index is 1100. The molecule has 7 nitrogen and oxygen atoms in total. The van der Waals surface area contributed by atoms with Crippen LogP contribution in [-0.4, -0.2) is 32.9 Å². The van der Waals surface area contributed by atoms with Crippen LogP contribution in [0.25, 0.3) is 0 Å². The van der Waals surface area contributed by atoms with Crippen LogP contribution >= 0.6 is 0 Å². The Labute approximate surface area is 189 Å². The van der Waals surface area contributed by atoms with Crippen molar-refractivity contribution in [1.82, 2.24) is 5.32 Å². The third kappa shape index (κ3) is 5.88. The van der Waals surface area contributed by atoms with Crippen molar-refractivity contribution < 1.29 is 26.9 Å². The zero-order valence-electron chi connectivity index (χ0n) is 18.6. The van der Waals surface area contributed by atoms with Gasteiger partial charge in [0.25, 0.3) is 5.91 Å². The Morgan fingerprint density at radius 2 is 1.78 bits per heavy atom. The number of amides is 1. The largest absolute Gasteiger partial charge is 0.452 e. The van der Waals surface area contributed by atoms with Crippen molar-refractivity contribution in [3.8, 4) is 5.75 Å². The molecule has 0 saturated heterocycles. The van der Waals surface area contributed by atoms with Crippen LogP contribution in [0, 0.1) is 19.8 Å². The summed E-state index contributed by atoms with van der Waals surface area (Å²) in [6, 6.07) is 11.0. The Morgan fingerprint density at radius 1 is 1.06 bits per heavy atom. The molecule has 0 aromatic heterocycles. The van der Waals surface area contributed by atoms with E-state index in [0.29, 0.717) is 11.5 Å². The molecule has 172 valence electrons. The summed E-state index contributed by atoms with van der Waals surface area (Å²) < 4.78 is 36.1. The number of esters is 1. The molecule has 0 heterocycles. The van der Waals surface area contributed by atoms with Crippen molar-refractivity contribution in [1.29, 1.82) is 0 Å².